The van der Waals surface area contributed by atoms with E-state index in [-0.39, 0.29) is 22.9 Å². The molecule has 1 aromatic carbocycles. The molecule has 10 nitrogen and oxygen atoms in total. The zero-order valence-electron chi connectivity index (χ0n) is 20.7. The van der Waals surface area contributed by atoms with Crippen LogP contribution in [0.5, 0.6) is 11.5 Å². The number of fused-ring (bicyclic) bond motifs is 2. The van der Waals surface area contributed by atoms with Gasteiger partial charge in [0.15, 0.2) is 17.6 Å². The fraction of sp³-hybridized carbons (Fsp3) is 0.440. The lowest BCUT2D eigenvalue weighted by molar-refractivity contribution is -0.304. The molecule has 4 unspecified atom stereocenters. The smallest absolute Gasteiger partial charge is 0.330 e. The van der Waals surface area contributed by atoms with Gasteiger partial charge in [0.2, 0.25) is 5.79 Å². The van der Waals surface area contributed by atoms with Crippen LogP contribution in [0.4, 0.5) is 0 Å². The van der Waals surface area contributed by atoms with Crippen molar-refractivity contribution in [1.29, 1.82) is 0 Å². The minimum Gasteiger partial charge on any atom is -0.493 e. The van der Waals surface area contributed by atoms with Crippen molar-refractivity contribution in [3.05, 3.63) is 60.2 Å². The normalized spacial score (nSPS) is 24.3. The van der Waals surface area contributed by atoms with Crippen molar-refractivity contribution >= 4 is 23.4 Å². The third-order valence-corrected chi connectivity index (χ3v) is 7.18. The number of methoxy groups -OCH3 is 5. The SMILES string of the molecule is COC(=O)/C=C/C1=CC2C(c3ccc(OC)c(OC)c3)CC1C(OC)(OC)C2OC(=S)n1cncn1. The summed E-state index contributed by atoms with van der Waals surface area (Å²) in [6.45, 7) is 0. The zero-order chi connectivity index (χ0) is 25.9. The van der Waals surface area contributed by atoms with E-state index in [1.165, 1.54) is 30.5 Å². The van der Waals surface area contributed by atoms with Crippen molar-refractivity contribution in [3.8, 4) is 11.5 Å². The van der Waals surface area contributed by atoms with Gasteiger partial charge in [-0.15, -0.1) is 0 Å². The van der Waals surface area contributed by atoms with Gasteiger partial charge in [-0.2, -0.15) is 9.78 Å². The van der Waals surface area contributed by atoms with Gasteiger partial charge in [-0.05, 0) is 47.8 Å². The number of nitrogens with zero attached hydrogens (tertiary/aromatic N) is 3. The molecule has 0 aliphatic heterocycles. The summed E-state index contributed by atoms with van der Waals surface area (Å²) in [7, 11) is 7.69. The van der Waals surface area contributed by atoms with Crippen LogP contribution in [0.1, 0.15) is 17.9 Å². The quantitative estimate of drug-likeness (QED) is 0.226. The Bertz CT molecular complexity index is 1160. The Kier molecular flexibility index (Phi) is 7.72. The third-order valence-electron chi connectivity index (χ3n) is 6.89. The Morgan fingerprint density at radius 1 is 1.14 bits per heavy atom. The average Bonchev–Trinajstić information content (AvgIpc) is 3.47. The number of ether oxygens (including phenoxy) is 6. The lowest BCUT2D eigenvalue weighted by Crippen LogP contribution is -2.63. The van der Waals surface area contributed by atoms with Gasteiger partial charge in [0.05, 0.1) is 21.3 Å². The number of thiocarbonyl (C=S) groups is 1. The molecule has 1 saturated carbocycles. The molecule has 11 heteroatoms. The van der Waals surface area contributed by atoms with E-state index < -0.39 is 17.9 Å². The molecule has 36 heavy (non-hydrogen) atoms. The van der Waals surface area contributed by atoms with Gasteiger partial charge < -0.3 is 28.4 Å². The molecular formula is C25H29N3O7S. The highest BCUT2D eigenvalue weighted by Gasteiger charge is 2.61. The van der Waals surface area contributed by atoms with Gasteiger partial charge in [0.25, 0.3) is 5.17 Å². The first kappa shape index (κ1) is 25.8. The van der Waals surface area contributed by atoms with E-state index in [1.54, 1.807) is 34.5 Å². The van der Waals surface area contributed by atoms with Crippen LogP contribution >= 0.6 is 12.2 Å². The Hall–Kier alpha value is -3.28. The molecule has 0 saturated heterocycles. The number of aromatic nitrogens is 3. The van der Waals surface area contributed by atoms with E-state index in [0.717, 1.165) is 11.1 Å². The predicted octanol–water partition coefficient (Wildman–Crippen LogP) is 2.89. The minimum atomic E-state index is -1.17. The van der Waals surface area contributed by atoms with E-state index >= 15 is 0 Å². The Balaban J connectivity index is 1.80. The highest BCUT2D eigenvalue weighted by Crippen LogP contribution is 2.57. The topological polar surface area (TPSA) is 103 Å². The first-order chi connectivity index (χ1) is 17.4. The lowest BCUT2D eigenvalue weighted by atomic mass is 9.59. The summed E-state index contributed by atoms with van der Waals surface area (Å²) < 4.78 is 35.5. The molecule has 3 aliphatic rings. The van der Waals surface area contributed by atoms with Crippen molar-refractivity contribution in [1.82, 2.24) is 14.8 Å². The first-order valence-electron chi connectivity index (χ1n) is 11.3. The molecule has 0 radical (unpaired) electrons. The maximum absolute atomic E-state index is 11.8. The maximum Gasteiger partial charge on any atom is 0.330 e. The second kappa shape index (κ2) is 10.8. The Morgan fingerprint density at radius 2 is 1.89 bits per heavy atom. The van der Waals surface area contributed by atoms with E-state index in [9.17, 15) is 4.79 Å². The van der Waals surface area contributed by atoms with Crippen molar-refractivity contribution in [3.63, 3.8) is 0 Å². The molecule has 0 N–H and O–H groups in total. The summed E-state index contributed by atoms with van der Waals surface area (Å²) >= 11 is 5.52. The first-order valence-corrected chi connectivity index (χ1v) is 11.7. The Morgan fingerprint density at radius 3 is 2.50 bits per heavy atom. The summed E-state index contributed by atoms with van der Waals surface area (Å²) in [4.78, 5) is 15.8. The summed E-state index contributed by atoms with van der Waals surface area (Å²) in [6, 6.07) is 5.86. The molecule has 2 aromatic rings. The maximum atomic E-state index is 11.8. The van der Waals surface area contributed by atoms with Crippen LogP contribution in [0, 0.1) is 11.8 Å². The third kappa shape index (κ3) is 4.49. The van der Waals surface area contributed by atoms with Crippen molar-refractivity contribution in [2.24, 2.45) is 11.8 Å². The summed E-state index contributed by atoms with van der Waals surface area (Å²) in [5.74, 6) is -0.880. The lowest BCUT2D eigenvalue weighted by Gasteiger charge is -2.56. The summed E-state index contributed by atoms with van der Waals surface area (Å²) in [5.41, 5.74) is 1.92. The largest absolute Gasteiger partial charge is 0.493 e. The molecule has 1 heterocycles. The molecule has 0 amide bonds. The molecule has 192 valence electrons. The number of carbonyl (C=O) groups excluding carboxylic acids is 1. The number of rotatable bonds is 8. The monoisotopic (exact) mass is 515 g/mol. The van der Waals surface area contributed by atoms with Crippen LogP contribution in [0.25, 0.3) is 0 Å². The molecule has 4 atom stereocenters. The zero-order valence-corrected chi connectivity index (χ0v) is 21.6. The molecule has 2 bridgehead atoms. The molecule has 1 aromatic heterocycles. The fourth-order valence-electron chi connectivity index (χ4n) is 5.23. The van der Waals surface area contributed by atoms with Crippen LogP contribution in [-0.4, -0.2) is 73.3 Å². The second-order valence-corrected chi connectivity index (χ2v) is 8.73. The highest BCUT2D eigenvalue weighted by atomic mass is 32.1. The van der Waals surface area contributed by atoms with Crippen molar-refractivity contribution < 1.29 is 33.2 Å². The molecule has 3 aliphatic carbocycles. The van der Waals surface area contributed by atoms with Gasteiger partial charge in [0, 0.05) is 32.1 Å². The van der Waals surface area contributed by atoms with Gasteiger partial charge >= 0.3 is 5.97 Å². The van der Waals surface area contributed by atoms with Crippen molar-refractivity contribution in [2.45, 2.75) is 24.2 Å². The molecule has 0 spiro atoms. The number of hydrogen-bond donors (Lipinski definition) is 0. The summed E-state index contributed by atoms with van der Waals surface area (Å²) in [5, 5.41) is 4.20. The highest BCUT2D eigenvalue weighted by molar-refractivity contribution is 7.80. The average molecular weight is 516 g/mol. The Labute approximate surface area is 214 Å². The number of esters is 1. The van der Waals surface area contributed by atoms with Crippen LogP contribution < -0.4 is 9.47 Å². The van der Waals surface area contributed by atoms with E-state index in [2.05, 4.69) is 16.2 Å². The number of hydrogen-bond acceptors (Lipinski definition) is 10. The van der Waals surface area contributed by atoms with Crippen LogP contribution in [0.15, 0.2) is 54.7 Å². The molecule has 5 rings (SSSR count). The van der Waals surface area contributed by atoms with E-state index in [1.807, 2.05) is 18.2 Å². The predicted molar refractivity (Wildman–Crippen MR) is 133 cm³/mol. The fourth-order valence-corrected chi connectivity index (χ4v) is 5.43. The van der Waals surface area contributed by atoms with Gasteiger partial charge in [-0.3, -0.25) is 0 Å². The van der Waals surface area contributed by atoms with Crippen molar-refractivity contribution in [2.75, 3.05) is 35.5 Å². The molecular weight excluding hydrogens is 486 g/mol. The van der Waals surface area contributed by atoms with E-state index in [4.69, 9.17) is 40.6 Å². The van der Waals surface area contributed by atoms with Gasteiger partial charge in [-0.1, -0.05) is 18.2 Å². The standard InChI is InChI=1S/C25H29N3O7S/c1-30-20-8-6-15(11-21(20)31-2)17-12-19-16(7-9-22(29)32-3)10-18(17)23(25(19,33-4)34-5)35-24(36)28-14-26-13-27-28/h6-11,13-14,17-19,23H,12H2,1-5H3/b9-7+. The number of benzene rings is 1. The number of carbonyl (C=O) groups is 1. The minimum absolute atomic E-state index is 0.00653. The second-order valence-electron chi connectivity index (χ2n) is 8.38. The van der Waals surface area contributed by atoms with Crippen LogP contribution in [0.3, 0.4) is 0 Å². The summed E-state index contributed by atoms with van der Waals surface area (Å²) in [6.07, 6.45) is 8.10. The van der Waals surface area contributed by atoms with Gasteiger partial charge in [-0.25, -0.2) is 9.78 Å². The van der Waals surface area contributed by atoms with Crippen LogP contribution in [0.2, 0.25) is 0 Å². The van der Waals surface area contributed by atoms with Crippen LogP contribution in [-0.2, 0) is 23.7 Å². The van der Waals surface area contributed by atoms with E-state index in [0.29, 0.717) is 17.9 Å². The molecule has 1 fully saturated rings. The van der Waals surface area contributed by atoms with Gasteiger partial charge in [0.1, 0.15) is 12.7 Å². The number of allylic oxidation sites excluding steroid dienone is 1.